The van der Waals surface area contributed by atoms with Gasteiger partial charge in [0.2, 0.25) is 0 Å². The van der Waals surface area contributed by atoms with Crippen molar-refractivity contribution < 1.29 is 18.7 Å². The lowest BCUT2D eigenvalue weighted by molar-refractivity contribution is 0.0996. The Morgan fingerprint density at radius 2 is 1.81 bits per heavy atom. The van der Waals surface area contributed by atoms with Crippen molar-refractivity contribution in [3.8, 4) is 11.5 Å². The second-order valence-electron chi connectivity index (χ2n) is 5.95. The van der Waals surface area contributed by atoms with E-state index in [0.717, 1.165) is 11.1 Å². The molecule has 26 heavy (non-hydrogen) atoms. The van der Waals surface area contributed by atoms with Gasteiger partial charge in [-0.05, 0) is 43.2 Å². The SMILES string of the molecule is COc1ccc(NC(=O)c2cc(=O)c3c(C)cc(C)cc3o2)c(OC)c1. The average Bonchev–Trinajstić information content (AvgIpc) is 2.60. The molecule has 0 aliphatic heterocycles. The van der Waals surface area contributed by atoms with Gasteiger partial charge in [0, 0.05) is 12.1 Å². The number of hydrogen-bond donors (Lipinski definition) is 1. The number of nitrogens with one attached hydrogen (secondary N) is 1. The quantitative estimate of drug-likeness (QED) is 0.774. The molecule has 134 valence electrons. The van der Waals surface area contributed by atoms with Gasteiger partial charge in [-0.15, -0.1) is 0 Å². The maximum atomic E-state index is 12.6. The van der Waals surface area contributed by atoms with E-state index in [1.807, 2.05) is 19.9 Å². The molecule has 2 aromatic carbocycles. The number of fused-ring (bicyclic) bond motifs is 1. The molecule has 0 spiro atoms. The third-order valence-corrected chi connectivity index (χ3v) is 4.05. The number of hydrogen-bond acceptors (Lipinski definition) is 5. The average molecular weight is 353 g/mol. The zero-order valence-corrected chi connectivity index (χ0v) is 15.0. The summed E-state index contributed by atoms with van der Waals surface area (Å²) in [5.74, 6) is 0.438. The maximum absolute atomic E-state index is 12.6. The highest BCUT2D eigenvalue weighted by atomic mass is 16.5. The molecule has 0 radical (unpaired) electrons. The first-order valence-electron chi connectivity index (χ1n) is 8.01. The van der Waals surface area contributed by atoms with E-state index in [4.69, 9.17) is 13.9 Å². The zero-order valence-electron chi connectivity index (χ0n) is 15.0. The Bertz CT molecular complexity index is 1050. The van der Waals surface area contributed by atoms with Gasteiger partial charge < -0.3 is 19.2 Å². The lowest BCUT2D eigenvalue weighted by atomic mass is 10.1. The highest BCUT2D eigenvalue weighted by molar-refractivity contribution is 6.04. The van der Waals surface area contributed by atoms with Crippen molar-refractivity contribution in [2.45, 2.75) is 13.8 Å². The molecule has 0 bridgehead atoms. The molecule has 6 heteroatoms. The Morgan fingerprint density at radius 1 is 1.04 bits per heavy atom. The predicted molar refractivity (Wildman–Crippen MR) is 99.5 cm³/mol. The highest BCUT2D eigenvalue weighted by Gasteiger charge is 2.16. The van der Waals surface area contributed by atoms with Crippen molar-refractivity contribution in [1.82, 2.24) is 0 Å². The summed E-state index contributed by atoms with van der Waals surface area (Å²) in [6.07, 6.45) is 0. The van der Waals surface area contributed by atoms with Crippen LogP contribution >= 0.6 is 0 Å². The number of methoxy groups -OCH3 is 2. The van der Waals surface area contributed by atoms with Crippen LogP contribution < -0.4 is 20.2 Å². The smallest absolute Gasteiger partial charge is 0.291 e. The molecule has 0 saturated carbocycles. The molecule has 0 fully saturated rings. The molecule has 0 aliphatic carbocycles. The van der Waals surface area contributed by atoms with Crippen molar-refractivity contribution in [1.29, 1.82) is 0 Å². The third kappa shape index (κ3) is 3.26. The predicted octanol–water partition coefficient (Wildman–Crippen LogP) is 3.68. The highest BCUT2D eigenvalue weighted by Crippen LogP contribution is 2.29. The van der Waals surface area contributed by atoms with Crippen LogP contribution in [0.2, 0.25) is 0 Å². The van der Waals surface area contributed by atoms with Crippen molar-refractivity contribution in [3.63, 3.8) is 0 Å². The molecule has 1 N–H and O–H groups in total. The Balaban J connectivity index is 2.00. The minimum absolute atomic E-state index is 0.0645. The summed E-state index contributed by atoms with van der Waals surface area (Å²) >= 11 is 0. The standard InChI is InChI=1S/C20H19NO5/c1-11-7-12(2)19-15(22)10-18(26-17(19)8-11)20(23)21-14-6-5-13(24-3)9-16(14)25-4/h5-10H,1-4H3,(H,21,23). The monoisotopic (exact) mass is 353 g/mol. The number of carbonyl (C=O) groups is 1. The lowest BCUT2D eigenvalue weighted by Crippen LogP contribution is -2.16. The van der Waals surface area contributed by atoms with Gasteiger partial charge in [-0.3, -0.25) is 9.59 Å². The van der Waals surface area contributed by atoms with Crippen LogP contribution in [0.25, 0.3) is 11.0 Å². The minimum Gasteiger partial charge on any atom is -0.497 e. The van der Waals surface area contributed by atoms with E-state index in [-0.39, 0.29) is 11.2 Å². The van der Waals surface area contributed by atoms with Gasteiger partial charge in [0.25, 0.3) is 5.91 Å². The van der Waals surface area contributed by atoms with Crippen LogP contribution in [0.1, 0.15) is 21.7 Å². The van der Waals surface area contributed by atoms with Crippen LogP contribution in [0.4, 0.5) is 5.69 Å². The van der Waals surface area contributed by atoms with E-state index in [2.05, 4.69) is 5.32 Å². The van der Waals surface area contributed by atoms with Gasteiger partial charge in [0.1, 0.15) is 17.1 Å². The molecular formula is C20H19NO5. The van der Waals surface area contributed by atoms with Crippen LogP contribution in [0.3, 0.4) is 0 Å². The van der Waals surface area contributed by atoms with Gasteiger partial charge >= 0.3 is 0 Å². The van der Waals surface area contributed by atoms with Gasteiger partial charge in [-0.2, -0.15) is 0 Å². The Kier molecular flexibility index (Phi) is 4.67. The first-order chi connectivity index (χ1) is 12.4. The summed E-state index contributed by atoms with van der Waals surface area (Å²) < 4.78 is 16.1. The van der Waals surface area contributed by atoms with Crippen molar-refractivity contribution in [2.24, 2.45) is 0 Å². The van der Waals surface area contributed by atoms with E-state index in [0.29, 0.717) is 28.2 Å². The van der Waals surface area contributed by atoms with Crippen LogP contribution in [0.15, 0.2) is 45.6 Å². The number of rotatable bonds is 4. The lowest BCUT2D eigenvalue weighted by Gasteiger charge is -2.11. The van der Waals surface area contributed by atoms with Crippen molar-refractivity contribution in [3.05, 3.63) is 63.5 Å². The van der Waals surface area contributed by atoms with Gasteiger partial charge in [0.15, 0.2) is 11.2 Å². The molecule has 0 atom stereocenters. The third-order valence-electron chi connectivity index (χ3n) is 4.05. The van der Waals surface area contributed by atoms with Crippen LogP contribution in [0, 0.1) is 13.8 Å². The summed E-state index contributed by atoms with van der Waals surface area (Å²) in [6.45, 7) is 3.75. The Morgan fingerprint density at radius 3 is 2.50 bits per heavy atom. The number of ether oxygens (including phenoxy) is 2. The summed E-state index contributed by atoms with van der Waals surface area (Å²) in [7, 11) is 3.03. The number of anilines is 1. The number of amides is 1. The van der Waals surface area contributed by atoms with Crippen LogP contribution in [-0.2, 0) is 0 Å². The molecule has 0 unspecified atom stereocenters. The molecule has 1 amide bonds. The number of carbonyl (C=O) groups excluding carboxylic acids is 1. The molecule has 1 aromatic heterocycles. The second kappa shape index (κ2) is 6.92. The van der Waals surface area contributed by atoms with Crippen molar-refractivity contribution >= 4 is 22.6 Å². The number of benzene rings is 2. The van der Waals surface area contributed by atoms with Crippen LogP contribution in [-0.4, -0.2) is 20.1 Å². The first kappa shape index (κ1) is 17.5. The Hall–Kier alpha value is -3.28. The van der Waals surface area contributed by atoms with Gasteiger partial charge in [0.05, 0.1) is 25.3 Å². The molecule has 0 saturated heterocycles. The van der Waals surface area contributed by atoms with Gasteiger partial charge in [-0.25, -0.2) is 0 Å². The second-order valence-corrected chi connectivity index (χ2v) is 5.95. The molecule has 0 aliphatic rings. The maximum Gasteiger partial charge on any atom is 0.291 e. The fourth-order valence-electron chi connectivity index (χ4n) is 2.86. The molecule has 6 nitrogen and oxygen atoms in total. The zero-order chi connectivity index (χ0) is 18.8. The molecule has 1 heterocycles. The van der Waals surface area contributed by atoms with Crippen molar-refractivity contribution in [2.75, 3.05) is 19.5 Å². The fraction of sp³-hybridized carbons (Fsp3) is 0.200. The van der Waals surface area contributed by atoms with E-state index >= 15 is 0 Å². The molecule has 3 aromatic rings. The normalized spacial score (nSPS) is 10.6. The first-order valence-corrected chi connectivity index (χ1v) is 8.01. The van der Waals surface area contributed by atoms with Gasteiger partial charge in [-0.1, -0.05) is 6.07 Å². The fourth-order valence-corrected chi connectivity index (χ4v) is 2.86. The van der Waals surface area contributed by atoms with E-state index in [1.54, 1.807) is 31.4 Å². The van der Waals surface area contributed by atoms with E-state index < -0.39 is 5.91 Å². The summed E-state index contributed by atoms with van der Waals surface area (Å²) in [4.78, 5) is 25.0. The largest absolute Gasteiger partial charge is 0.497 e. The topological polar surface area (TPSA) is 77.8 Å². The van der Waals surface area contributed by atoms with E-state index in [1.165, 1.54) is 13.2 Å². The number of aryl methyl sites for hydroxylation is 2. The minimum atomic E-state index is -0.536. The summed E-state index contributed by atoms with van der Waals surface area (Å²) in [5, 5.41) is 3.18. The molecule has 3 rings (SSSR count). The summed E-state index contributed by atoms with van der Waals surface area (Å²) in [6, 6.07) is 9.86. The van der Waals surface area contributed by atoms with Crippen LogP contribution in [0.5, 0.6) is 11.5 Å². The molecular weight excluding hydrogens is 334 g/mol. The van der Waals surface area contributed by atoms with E-state index in [9.17, 15) is 9.59 Å². The Labute approximate surface area is 150 Å². The summed E-state index contributed by atoms with van der Waals surface area (Å²) in [5.41, 5.74) is 2.35.